The molecule has 1 amide bonds. The second-order valence-corrected chi connectivity index (χ2v) is 3.22. The predicted molar refractivity (Wildman–Crippen MR) is 50.7 cm³/mol. The highest BCUT2D eigenvalue weighted by Crippen LogP contribution is 2.15. The van der Waals surface area contributed by atoms with Crippen molar-refractivity contribution in [3.8, 4) is 0 Å². The Morgan fingerprint density at radius 1 is 1.36 bits per heavy atom. The van der Waals surface area contributed by atoms with E-state index in [9.17, 15) is 14.5 Å². The average Bonchev–Trinajstić information content (AvgIpc) is 2.15. The van der Waals surface area contributed by atoms with E-state index >= 15 is 0 Å². The molecule has 0 aliphatic carbocycles. The lowest BCUT2D eigenvalue weighted by atomic mass is 9.97. The first-order valence-electron chi connectivity index (χ1n) is 4.70. The Morgan fingerprint density at radius 3 is 2.43 bits per heavy atom. The number of amides is 1. The van der Waals surface area contributed by atoms with E-state index in [-0.39, 0.29) is 6.42 Å². The van der Waals surface area contributed by atoms with Crippen LogP contribution >= 0.6 is 0 Å². The molecule has 0 saturated carbocycles. The van der Waals surface area contributed by atoms with Gasteiger partial charge in [0, 0.05) is 5.18 Å². The molecule has 0 aromatic carbocycles. The van der Waals surface area contributed by atoms with Crippen LogP contribution in [0.1, 0.15) is 39.0 Å². The lowest BCUT2D eigenvalue weighted by molar-refractivity contribution is -0.140. The Hall–Kier alpha value is -1.26. The van der Waals surface area contributed by atoms with E-state index in [0.717, 1.165) is 19.3 Å². The minimum absolute atomic E-state index is 0.297. The molecule has 1 unspecified atom stereocenters. The zero-order valence-corrected chi connectivity index (χ0v) is 8.23. The van der Waals surface area contributed by atoms with Gasteiger partial charge in [0.25, 0.3) is 5.91 Å². The van der Waals surface area contributed by atoms with Gasteiger partial charge in [0.05, 0.1) is 12.3 Å². The van der Waals surface area contributed by atoms with E-state index in [4.69, 9.17) is 5.11 Å². The molecule has 5 heteroatoms. The van der Waals surface area contributed by atoms with Gasteiger partial charge in [-0.2, -0.15) is 0 Å². The second-order valence-electron chi connectivity index (χ2n) is 3.22. The molecule has 0 heterocycles. The molecule has 5 nitrogen and oxygen atoms in total. The Bertz CT molecular complexity index is 215. The molecule has 0 fully saturated rings. The fraction of sp³-hybridized carbons (Fsp3) is 0.778. The lowest BCUT2D eigenvalue weighted by Gasteiger charge is -2.07. The Morgan fingerprint density at radius 2 is 2.00 bits per heavy atom. The first-order chi connectivity index (χ1) is 6.61. The van der Waals surface area contributed by atoms with Crippen molar-refractivity contribution >= 4 is 11.9 Å². The first-order valence-corrected chi connectivity index (χ1v) is 4.70. The van der Waals surface area contributed by atoms with E-state index in [0.29, 0.717) is 6.42 Å². The van der Waals surface area contributed by atoms with Crippen molar-refractivity contribution in [3.63, 3.8) is 0 Å². The summed E-state index contributed by atoms with van der Waals surface area (Å²) in [5.41, 5.74) is 0. The SMILES string of the molecule is CCCCCC(CC(=O)O)C(=O)N=O. The van der Waals surface area contributed by atoms with Crippen molar-refractivity contribution in [3.05, 3.63) is 4.91 Å². The maximum atomic E-state index is 10.9. The van der Waals surface area contributed by atoms with Crippen LogP contribution in [0.15, 0.2) is 5.18 Å². The maximum absolute atomic E-state index is 10.9. The van der Waals surface area contributed by atoms with Crippen molar-refractivity contribution in [1.82, 2.24) is 0 Å². The molecular formula is C9H15NO4. The number of hydrogen-bond acceptors (Lipinski definition) is 3. The highest BCUT2D eigenvalue weighted by atomic mass is 16.4. The van der Waals surface area contributed by atoms with Crippen LogP contribution in [0.5, 0.6) is 0 Å². The summed E-state index contributed by atoms with van der Waals surface area (Å²) in [4.78, 5) is 31.2. The molecule has 80 valence electrons. The van der Waals surface area contributed by atoms with Crippen molar-refractivity contribution in [2.45, 2.75) is 39.0 Å². The highest BCUT2D eigenvalue weighted by molar-refractivity contribution is 5.83. The smallest absolute Gasteiger partial charge is 0.304 e. The molecule has 0 aliphatic rings. The molecule has 1 atom stereocenters. The van der Waals surface area contributed by atoms with Gasteiger partial charge in [-0.15, -0.1) is 4.91 Å². The van der Waals surface area contributed by atoms with Crippen molar-refractivity contribution < 1.29 is 14.7 Å². The number of aliphatic carboxylic acids is 1. The molecule has 0 spiro atoms. The van der Waals surface area contributed by atoms with Crippen LogP contribution in [0.2, 0.25) is 0 Å². The topological polar surface area (TPSA) is 83.8 Å². The number of carbonyl (C=O) groups excluding carboxylic acids is 1. The maximum Gasteiger partial charge on any atom is 0.304 e. The van der Waals surface area contributed by atoms with Crippen LogP contribution in [-0.4, -0.2) is 17.0 Å². The molecule has 0 radical (unpaired) electrons. The van der Waals surface area contributed by atoms with Gasteiger partial charge in [-0.25, -0.2) is 0 Å². The summed E-state index contributed by atoms with van der Waals surface area (Å²) >= 11 is 0. The number of carboxylic acid groups (broad SMARTS) is 1. The Kier molecular flexibility index (Phi) is 6.53. The first kappa shape index (κ1) is 12.7. The quantitative estimate of drug-likeness (QED) is 0.504. The van der Waals surface area contributed by atoms with Crippen LogP contribution in [0.4, 0.5) is 0 Å². The summed E-state index contributed by atoms with van der Waals surface area (Å²) in [6, 6.07) is 0. The summed E-state index contributed by atoms with van der Waals surface area (Å²) < 4.78 is 0. The van der Waals surface area contributed by atoms with Gasteiger partial charge in [-0.05, 0) is 6.42 Å². The second kappa shape index (κ2) is 7.17. The van der Waals surface area contributed by atoms with Gasteiger partial charge in [0.1, 0.15) is 0 Å². The van der Waals surface area contributed by atoms with Gasteiger partial charge < -0.3 is 5.11 Å². The molecule has 0 saturated heterocycles. The number of hydrogen-bond donors (Lipinski definition) is 1. The van der Waals surface area contributed by atoms with Crippen LogP contribution in [0.3, 0.4) is 0 Å². The molecule has 0 aliphatic heterocycles. The molecule has 14 heavy (non-hydrogen) atoms. The molecule has 0 bridgehead atoms. The van der Waals surface area contributed by atoms with Crippen LogP contribution in [0, 0.1) is 10.8 Å². The van der Waals surface area contributed by atoms with Gasteiger partial charge in [0.15, 0.2) is 0 Å². The zero-order valence-electron chi connectivity index (χ0n) is 8.23. The molecule has 0 aromatic heterocycles. The Labute approximate surface area is 82.5 Å². The van der Waals surface area contributed by atoms with E-state index in [1.165, 1.54) is 0 Å². The number of carboxylic acids is 1. The fourth-order valence-electron chi connectivity index (χ4n) is 1.24. The van der Waals surface area contributed by atoms with E-state index in [2.05, 4.69) is 5.18 Å². The fourth-order valence-corrected chi connectivity index (χ4v) is 1.24. The lowest BCUT2D eigenvalue weighted by Crippen LogP contribution is -2.16. The normalized spacial score (nSPS) is 12.1. The van der Waals surface area contributed by atoms with Crippen LogP contribution < -0.4 is 0 Å². The van der Waals surface area contributed by atoms with Crippen molar-refractivity contribution in [2.75, 3.05) is 0 Å². The average molecular weight is 201 g/mol. The monoisotopic (exact) mass is 201 g/mol. The van der Waals surface area contributed by atoms with E-state index in [1.807, 2.05) is 6.92 Å². The molecule has 0 aromatic rings. The van der Waals surface area contributed by atoms with Crippen molar-refractivity contribution in [2.24, 2.45) is 11.1 Å². The largest absolute Gasteiger partial charge is 0.481 e. The minimum atomic E-state index is -1.07. The summed E-state index contributed by atoms with van der Waals surface area (Å²) in [5, 5.41) is 10.8. The number of nitrogens with zero attached hydrogens (tertiary/aromatic N) is 1. The third kappa shape index (κ3) is 5.40. The minimum Gasteiger partial charge on any atom is -0.481 e. The molecule has 1 N–H and O–H groups in total. The third-order valence-electron chi connectivity index (χ3n) is 2.02. The van der Waals surface area contributed by atoms with Crippen LogP contribution in [0.25, 0.3) is 0 Å². The summed E-state index contributed by atoms with van der Waals surface area (Å²) in [6.45, 7) is 2.01. The zero-order chi connectivity index (χ0) is 11.0. The summed E-state index contributed by atoms with van der Waals surface area (Å²) in [7, 11) is 0. The highest BCUT2D eigenvalue weighted by Gasteiger charge is 2.21. The van der Waals surface area contributed by atoms with E-state index in [1.54, 1.807) is 0 Å². The standard InChI is InChI=1S/C9H15NO4/c1-2-3-4-5-7(6-8(11)12)9(13)10-14/h7H,2-6H2,1H3,(H,11,12). The van der Waals surface area contributed by atoms with E-state index < -0.39 is 17.8 Å². The van der Waals surface area contributed by atoms with Gasteiger partial charge in [0.2, 0.25) is 0 Å². The van der Waals surface area contributed by atoms with Gasteiger partial charge >= 0.3 is 5.97 Å². The summed E-state index contributed by atoms with van der Waals surface area (Å²) in [5.74, 6) is -2.65. The van der Waals surface area contributed by atoms with Gasteiger partial charge in [-0.3, -0.25) is 9.59 Å². The number of rotatable bonds is 7. The molecule has 0 rings (SSSR count). The number of unbranched alkanes of at least 4 members (excludes halogenated alkanes) is 2. The number of carbonyl (C=O) groups is 2. The van der Waals surface area contributed by atoms with Crippen molar-refractivity contribution in [1.29, 1.82) is 0 Å². The number of nitroso groups, excluding NO2 is 1. The van der Waals surface area contributed by atoms with Gasteiger partial charge in [-0.1, -0.05) is 26.2 Å². The predicted octanol–water partition coefficient (Wildman–Crippen LogP) is 1.95. The Balaban J connectivity index is 4.03. The summed E-state index contributed by atoms with van der Waals surface area (Å²) in [6.07, 6.45) is 2.82. The third-order valence-corrected chi connectivity index (χ3v) is 2.02. The molecular weight excluding hydrogens is 186 g/mol. The van der Waals surface area contributed by atoms with Crippen LogP contribution in [-0.2, 0) is 9.59 Å².